The monoisotopic (exact) mass is 404 g/mol. The summed E-state index contributed by atoms with van der Waals surface area (Å²) in [4.78, 5) is 12.7. The molecule has 0 aliphatic heterocycles. The molecule has 5 N–H and O–H groups in total. The summed E-state index contributed by atoms with van der Waals surface area (Å²) >= 11 is 0. The molecule has 0 spiro atoms. The fraction of sp³-hybridized carbons (Fsp3) is 0. The first kappa shape index (κ1) is 18.9. The Hall–Kier alpha value is -4.39. The molecule has 0 radical (unpaired) electrons. The highest BCUT2D eigenvalue weighted by atomic mass is 16.4. The normalized spacial score (nSPS) is 11.3. The van der Waals surface area contributed by atoms with E-state index in [0.29, 0.717) is 0 Å². The molecule has 7 heteroatoms. The molecule has 30 heavy (non-hydrogen) atoms. The van der Waals surface area contributed by atoms with Gasteiger partial charge in [-0.15, -0.1) is 0 Å². The smallest absolute Gasteiger partial charge is 0.238 e. The first-order chi connectivity index (χ1) is 14.4. The first-order valence-electron chi connectivity index (χ1n) is 8.87. The molecule has 0 unspecified atom stereocenters. The molecule has 0 fully saturated rings. The van der Waals surface area contributed by atoms with E-state index >= 15 is 0 Å². The van der Waals surface area contributed by atoms with Crippen molar-refractivity contribution in [2.24, 2.45) is 0 Å². The maximum Gasteiger partial charge on any atom is 0.238 e. The van der Waals surface area contributed by atoms with Crippen molar-refractivity contribution < 1.29 is 29.9 Å². The molecular formula is C23H16O7. The van der Waals surface area contributed by atoms with Crippen LogP contribution in [0, 0.1) is 0 Å². The average Bonchev–Trinajstić information content (AvgIpc) is 2.72. The van der Waals surface area contributed by atoms with E-state index in [9.17, 15) is 30.3 Å². The zero-order valence-corrected chi connectivity index (χ0v) is 15.4. The fourth-order valence-corrected chi connectivity index (χ4v) is 3.11. The molecular weight excluding hydrogens is 388 g/mol. The van der Waals surface area contributed by atoms with E-state index in [0.717, 1.165) is 17.7 Å². The van der Waals surface area contributed by atoms with Crippen LogP contribution in [0.25, 0.3) is 34.4 Å². The molecule has 150 valence electrons. The van der Waals surface area contributed by atoms with Gasteiger partial charge in [0.2, 0.25) is 11.2 Å². The summed E-state index contributed by atoms with van der Waals surface area (Å²) < 4.78 is 5.72. The Morgan fingerprint density at radius 2 is 1.47 bits per heavy atom. The topological polar surface area (TPSA) is 131 Å². The maximum atomic E-state index is 12.7. The van der Waals surface area contributed by atoms with Gasteiger partial charge in [-0.05, 0) is 29.8 Å². The molecule has 0 aliphatic rings. The van der Waals surface area contributed by atoms with Gasteiger partial charge in [-0.1, -0.05) is 36.4 Å². The molecule has 0 saturated heterocycles. The third kappa shape index (κ3) is 3.18. The molecule has 4 rings (SSSR count). The molecule has 0 saturated carbocycles. The van der Waals surface area contributed by atoms with E-state index in [1.54, 1.807) is 6.08 Å². The number of phenolic OH excluding ortho intramolecular Hbond substituents is 4. The number of benzene rings is 3. The Morgan fingerprint density at radius 1 is 0.733 bits per heavy atom. The maximum absolute atomic E-state index is 12.7. The number of aromatic hydroxyl groups is 5. The van der Waals surface area contributed by atoms with Crippen LogP contribution in [-0.4, -0.2) is 25.5 Å². The number of rotatable bonds is 3. The van der Waals surface area contributed by atoms with E-state index in [1.807, 2.05) is 30.3 Å². The first-order valence-corrected chi connectivity index (χ1v) is 8.87. The van der Waals surface area contributed by atoms with Crippen molar-refractivity contribution >= 4 is 23.1 Å². The van der Waals surface area contributed by atoms with Crippen LogP contribution in [0.3, 0.4) is 0 Å². The highest BCUT2D eigenvalue weighted by Gasteiger charge is 2.22. The molecule has 7 nitrogen and oxygen atoms in total. The SMILES string of the molecule is O=c1c(O)c(-c2ccc(O)c(O)c2)oc2c(/C=C/c3ccccc3)c(O)cc(O)c12. The van der Waals surface area contributed by atoms with Gasteiger partial charge in [0, 0.05) is 11.6 Å². The van der Waals surface area contributed by atoms with E-state index in [-0.39, 0.29) is 39.4 Å². The van der Waals surface area contributed by atoms with Crippen LogP contribution >= 0.6 is 0 Å². The third-order valence-electron chi connectivity index (χ3n) is 4.62. The number of hydrogen-bond acceptors (Lipinski definition) is 7. The Kier molecular flexibility index (Phi) is 4.56. The minimum Gasteiger partial charge on any atom is -0.507 e. The number of fused-ring (bicyclic) bond motifs is 1. The number of hydrogen-bond donors (Lipinski definition) is 5. The predicted octanol–water partition coefficient (Wildman–Crippen LogP) is 4.16. The van der Waals surface area contributed by atoms with Gasteiger partial charge in [-0.3, -0.25) is 4.79 Å². The Labute approximate surface area is 169 Å². The van der Waals surface area contributed by atoms with E-state index < -0.39 is 22.7 Å². The lowest BCUT2D eigenvalue weighted by atomic mass is 10.0. The summed E-state index contributed by atoms with van der Waals surface area (Å²) in [6, 6.07) is 13.8. The average molecular weight is 404 g/mol. The van der Waals surface area contributed by atoms with E-state index in [4.69, 9.17) is 4.42 Å². The van der Waals surface area contributed by atoms with E-state index in [2.05, 4.69) is 0 Å². The lowest BCUT2D eigenvalue weighted by Crippen LogP contribution is -2.04. The molecule has 0 aliphatic carbocycles. The van der Waals surface area contributed by atoms with Crippen molar-refractivity contribution in [1.29, 1.82) is 0 Å². The lowest BCUT2D eigenvalue weighted by molar-refractivity contribution is 0.403. The summed E-state index contributed by atoms with van der Waals surface area (Å²) in [6.45, 7) is 0. The van der Waals surface area contributed by atoms with Crippen molar-refractivity contribution in [3.63, 3.8) is 0 Å². The van der Waals surface area contributed by atoms with Crippen LogP contribution in [0.1, 0.15) is 11.1 Å². The van der Waals surface area contributed by atoms with Gasteiger partial charge in [-0.2, -0.15) is 0 Å². The van der Waals surface area contributed by atoms with Gasteiger partial charge in [0.1, 0.15) is 16.9 Å². The standard InChI is InChI=1S/C23H16O7/c24-15-9-7-13(10-17(15)26)22-21(29)20(28)19-18(27)11-16(25)14(23(19)30-22)8-6-12-4-2-1-3-5-12/h1-11,24-27,29H/b8-6+. The Bertz CT molecular complexity index is 1350. The van der Waals surface area contributed by atoms with Crippen molar-refractivity contribution in [2.45, 2.75) is 0 Å². The Morgan fingerprint density at radius 3 is 2.17 bits per heavy atom. The van der Waals surface area contributed by atoms with Crippen LogP contribution < -0.4 is 5.43 Å². The van der Waals surface area contributed by atoms with Gasteiger partial charge in [-0.25, -0.2) is 0 Å². The summed E-state index contributed by atoms with van der Waals surface area (Å²) in [6.07, 6.45) is 3.20. The van der Waals surface area contributed by atoms with Gasteiger partial charge in [0.15, 0.2) is 22.8 Å². The van der Waals surface area contributed by atoms with Gasteiger partial charge < -0.3 is 29.9 Å². The largest absolute Gasteiger partial charge is 0.507 e. The summed E-state index contributed by atoms with van der Waals surface area (Å²) in [5.74, 6) is -2.82. The van der Waals surface area contributed by atoms with Gasteiger partial charge in [0.25, 0.3) is 0 Å². The van der Waals surface area contributed by atoms with Crippen molar-refractivity contribution in [1.82, 2.24) is 0 Å². The predicted molar refractivity (Wildman–Crippen MR) is 112 cm³/mol. The highest BCUT2D eigenvalue weighted by Crippen LogP contribution is 2.40. The van der Waals surface area contributed by atoms with Crippen molar-refractivity contribution in [3.05, 3.63) is 75.9 Å². The second kappa shape index (κ2) is 7.21. The third-order valence-corrected chi connectivity index (χ3v) is 4.62. The van der Waals surface area contributed by atoms with E-state index in [1.165, 1.54) is 18.2 Å². The van der Waals surface area contributed by atoms with Crippen LogP contribution in [-0.2, 0) is 0 Å². The molecule has 4 aromatic rings. The van der Waals surface area contributed by atoms with Crippen LogP contribution in [0.2, 0.25) is 0 Å². The van der Waals surface area contributed by atoms with Gasteiger partial charge in [0.05, 0.1) is 5.56 Å². The molecule has 0 atom stereocenters. The van der Waals surface area contributed by atoms with Crippen molar-refractivity contribution in [3.8, 4) is 40.1 Å². The molecule has 3 aromatic carbocycles. The summed E-state index contributed by atoms with van der Waals surface area (Å²) in [5, 5.41) is 49.8. The molecule has 0 amide bonds. The number of phenols is 4. The minimum absolute atomic E-state index is 0.114. The highest BCUT2D eigenvalue weighted by molar-refractivity contribution is 5.96. The van der Waals surface area contributed by atoms with Crippen LogP contribution in [0.4, 0.5) is 0 Å². The second-order valence-corrected chi connectivity index (χ2v) is 6.59. The molecule has 1 heterocycles. The van der Waals surface area contributed by atoms with Crippen LogP contribution in [0.5, 0.6) is 28.7 Å². The zero-order chi connectivity index (χ0) is 21.4. The van der Waals surface area contributed by atoms with Crippen molar-refractivity contribution in [2.75, 3.05) is 0 Å². The molecule has 1 aromatic heterocycles. The quantitative estimate of drug-likeness (QED) is 0.256. The summed E-state index contributed by atoms with van der Waals surface area (Å²) in [5.41, 5.74) is -0.00530. The molecule has 0 bridgehead atoms. The zero-order valence-electron chi connectivity index (χ0n) is 15.4. The fourth-order valence-electron chi connectivity index (χ4n) is 3.11. The van der Waals surface area contributed by atoms with Gasteiger partial charge >= 0.3 is 0 Å². The summed E-state index contributed by atoms with van der Waals surface area (Å²) in [7, 11) is 0. The minimum atomic E-state index is -0.911. The lowest BCUT2D eigenvalue weighted by Gasteiger charge is -2.11. The van der Waals surface area contributed by atoms with Crippen LogP contribution in [0.15, 0.2) is 63.8 Å². The second-order valence-electron chi connectivity index (χ2n) is 6.59. The Balaban J connectivity index is 2.01.